The molecule has 2 nitrogen and oxygen atoms in total. The van der Waals surface area contributed by atoms with E-state index in [-0.39, 0.29) is 6.10 Å². The van der Waals surface area contributed by atoms with Crippen LogP contribution in [-0.4, -0.2) is 11.4 Å². The number of hydrogen-bond acceptors (Lipinski definition) is 2. The number of hydrogen-bond donors (Lipinski definition) is 1. The SMILES string of the molecule is CC1=CC(OO)C2C(C1)C2(C)C. The van der Waals surface area contributed by atoms with E-state index in [0.29, 0.717) is 11.3 Å². The zero-order chi connectivity index (χ0) is 8.93. The summed E-state index contributed by atoms with van der Waals surface area (Å²) in [6, 6.07) is 0. The highest BCUT2D eigenvalue weighted by Crippen LogP contribution is 2.64. The molecule has 3 unspecified atom stereocenters. The van der Waals surface area contributed by atoms with Gasteiger partial charge in [0.05, 0.1) is 0 Å². The fourth-order valence-corrected chi connectivity index (χ4v) is 2.72. The van der Waals surface area contributed by atoms with E-state index in [0.717, 1.165) is 5.92 Å². The molecule has 1 fully saturated rings. The maximum absolute atomic E-state index is 8.69. The van der Waals surface area contributed by atoms with Crippen LogP contribution in [0.25, 0.3) is 0 Å². The Hall–Kier alpha value is -0.340. The molecule has 12 heavy (non-hydrogen) atoms. The molecule has 3 atom stereocenters. The highest BCUT2D eigenvalue weighted by molar-refractivity contribution is 5.23. The van der Waals surface area contributed by atoms with Crippen molar-refractivity contribution in [2.24, 2.45) is 17.3 Å². The first-order valence-corrected chi connectivity index (χ1v) is 4.55. The minimum Gasteiger partial charge on any atom is -0.251 e. The van der Waals surface area contributed by atoms with Crippen LogP contribution in [0.4, 0.5) is 0 Å². The Kier molecular flexibility index (Phi) is 1.61. The molecule has 0 bridgehead atoms. The third-order valence-corrected chi connectivity index (χ3v) is 3.61. The largest absolute Gasteiger partial charge is 0.251 e. The lowest BCUT2D eigenvalue weighted by atomic mass is 9.99. The van der Waals surface area contributed by atoms with Gasteiger partial charge in [0.25, 0.3) is 0 Å². The van der Waals surface area contributed by atoms with Crippen molar-refractivity contribution < 1.29 is 10.1 Å². The van der Waals surface area contributed by atoms with Crippen LogP contribution in [0.2, 0.25) is 0 Å². The summed E-state index contributed by atoms with van der Waals surface area (Å²) in [5.41, 5.74) is 1.71. The van der Waals surface area contributed by atoms with Crippen LogP contribution >= 0.6 is 0 Å². The summed E-state index contributed by atoms with van der Waals surface area (Å²) in [6.07, 6.45) is 3.17. The molecule has 1 N–H and O–H groups in total. The van der Waals surface area contributed by atoms with Gasteiger partial charge in [0, 0.05) is 5.92 Å². The average molecular weight is 168 g/mol. The number of rotatable bonds is 1. The van der Waals surface area contributed by atoms with Gasteiger partial charge in [0.1, 0.15) is 6.10 Å². The van der Waals surface area contributed by atoms with Crippen LogP contribution < -0.4 is 0 Å². The van der Waals surface area contributed by atoms with Gasteiger partial charge >= 0.3 is 0 Å². The standard InChI is InChI=1S/C10H16O2/c1-6-4-7-9(10(7,2)3)8(5-6)12-11/h5,7-9,11H,4H2,1-3H3. The Bertz CT molecular complexity index is 230. The molecule has 0 amide bonds. The molecule has 2 rings (SSSR count). The first kappa shape index (κ1) is 8.27. The molecule has 0 aromatic heterocycles. The second-order valence-electron chi connectivity index (χ2n) is 4.74. The van der Waals surface area contributed by atoms with Crippen molar-refractivity contribution in [3.8, 4) is 0 Å². The molecule has 2 heteroatoms. The van der Waals surface area contributed by atoms with Crippen LogP contribution in [0.1, 0.15) is 27.2 Å². The van der Waals surface area contributed by atoms with Gasteiger partial charge in [-0.25, -0.2) is 4.89 Å². The fourth-order valence-electron chi connectivity index (χ4n) is 2.72. The van der Waals surface area contributed by atoms with Crippen LogP contribution in [0.5, 0.6) is 0 Å². The van der Waals surface area contributed by atoms with Crippen molar-refractivity contribution >= 4 is 0 Å². The molecule has 68 valence electrons. The molecule has 0 spiro atoms. The van der Waals surface area contributed by atoms with Gasteiger partial charge in [-0.2, -0.15) is 0 Å². The van der Waals surface area contributed by atoms with E-state index in [9.17, 15) is 0 Å². The highest BCUT2D eigenvalue weighted by Gasteiger charge is 2.62. The smallest absolute Gasteiger partial charge is 0.115 e. The molecular weight excluding hydrogens is 152 g/mol. The lowest BCUT2D eigenvalue weighted by Crippen LogP contribution is -2.16. The second kappa shape index (κ2) is 2.33. The Morgan fingerprint density at radius 1 is 1.58 bits per heavy atom. The first-order chi connectivity index (χ1) is 5.57. The van der Waals surface area contributed by atoms with Crippen LogP contribution in [0.3, 0.4) is 0 Å². The molecule has 0 aromatic rings. The molecule has 2 aliphatic rings. The lowest BCUT2D eigenvalue weighted by Gasteiger charge is -2.15. The Morgan fingerprint density at radius 3 is 2.83 bits per heavy atom. The normalized spacial score (nSPS) is 43.3. The van der Waals surface area contributed by atoms with Crippen LogP contribution in [-0.2, 0) is 4.89 Å². The van der Waals surface area contributed by atoms with Crippen molar-refractivity contribution in [3.05, 3.63) is 11.6 Å². The fraction of sp³-hybridized carbons (Fsp3) is 0.800. The van der Waals surface area contributed by atoms with E-state index in [4.69, 9.17) is 5.26 Å². The predicted molar refractivity (Wildman–Crippen MR) is 46.6 cm³/mol. The molecule has 2 aliphatic carbocycles. The summed E-state index contributed by atoms with van der Waals surface area (Å²) >= 11 is 0. The molecule has 1 saturated carbocycles. The zero-order valence-electron chi connectivity index (χ0n) is 7.87. The van der Waals surface area contributed by atoms with E-state index >= 15 is 0 Å². The highest BCUT2D eigenvalue weighted by atomic mass is 17.1. The quantitative estimate of drug-likeness (QED) is 0.370. The topological polar surface area (TPSA) is 29.5 Å². The summed E-state index contributed by atoms with van der Waals surface area (Å²) < 4.78 is 0. The van der Waals surface area contributed by atoms with Crippen molar-refractivity contribution in [2.45, 2.75) is 33.3 Å². The Labute approximate surface area is 73.2 Å². The second-order valence-corrected chi connectivity index (χ2v) is 4.74. The van der Waals surface area contributed by atoms with Gasteiger partial charge in [0.15, 0.2) is 0 Å². The van der Waals surface area contributed by atoms with Crippen LogP contribution in [0.15, 0.2) is 11.6 Å². The molecule has 0 radical (unpaired) electrons. The van der Waals surface area contributed by atoms with Gasteiger partial charge in [-0.05, 0) is 24.7 Å². The van der Waals surface area contributed by atoms with Gasteiger partial charge < -0.3 is 0 Å². The maximum atomic E-state index is 8.69. The molecule has 0 aliphatic heterocycles. The van der Waals surface area contributed by atoms with Crippen molar-refractivity contribution in [2.75, 3.05) is 0 Å². The Morgan fingerprint density at radius 2 is 2.25 bits per heavy atom. The van der Waals surface area contributed by atoms with Crippen molar-refractivity contribution in [1.82, 2.24) is 0 Å². The van der Waals surface area contributed by atoms with E-state index in [1.54, 1.807) is 0 Å². The maximum Gasteiger partial charge on any atom is 0.115 e. The van der Waals surface area contributed by atoms with Crippen LogP contribution in [0, 0.1) is 17.3 Å². The van der Waals surface area contributed by atoms with E-state index in [1.165, 1.54) is 12.0 Å². The summed E-state index contributed by atoms with van der Waals surface area (Å²) in [5, 5.41) is 8.69. The summed E-state index contributed by atoms with van der Waals surface area (Å²) in [5.74, 6) is 1.26. The van der Waals surface area contributed by atoms with Gasteiger partial charge in [-0.1, -0.05) is 25.5 Å². The minimum atomic E-state index is -0.0567. The monoisotopic (exact) mass is 168 g/mol. The van der Waals surface area contributed by atoms with Gasteiger partial charge in [-0.15, -0.1) is 0 Å². The average Bonchev–Trinajstić information content (AvgIpc) is 2.53. The van der Waals surface area contributed by atoms with Crippen molar-refractivity contribution in [3.63, 3.8) is 0 Å². The lowest BCUT2D eigenvalue weighted by molar-refractivity contribution is -0.273. The molecule has 0 saturated heterocycles. The third kappa shape index (κ3) is 0.947. The predicted octanol–water partition coefficient (Wildman–Crippen LogP) is 2.47. The van der Waals surface area contributed by atoms with E-state index in [1.807, 2.05) is 0 Å². The number of allylic oxidation sites excluding steroid dienone is 1. The summed E-state index contributed by atoms with van der Waals surface area (Å²) in [4.78, 5) is 4.47. The van der Waals surface area contributed by atoms with Gasteiger partial charge in [0.2, 0.25) is 0 Å². The van der Waals surface area contributed by atoms with E-state index < -0.39 is 0 Å². The third-order valence-electron chi connectivity index (χ3n) is 3.61. The molecule has 0 aromatic carbocycles. The van der Waals surface area contributed by atoms with Crippen molar-refractivity contribution in [1.29, 1.82) is 0 Å². The minimum absolute atomic E-state index is 0.0567. The zero-order valence-corrected chi connectivity index (χ0v) is 7.87. The molecule has 0 heterocycles. The summed E-state index contributed by atoms with van der Waals surface area (Å²) in [6.45, 7) is 6.61. The Balaban J connectivity index is 2.19. The first-order valence-electron chi connectivity index (χ1n) is 4.55. The molecular formula is C10H16O2. The number of fused-ring (bicyclic) bond motifs is 1. The summed E-state index contributed by atoms with van der Waals surface area (Å²) in [7, 11) is 0. The van der Waals surface area contributed by atoms with E-state index in [2.05, 4.69) is 31.7 Å². The van der Waals surface area contributed by atoms with Gasteiger partial charge in [-0.3, -0.25) is 5.26 Å².